The molecule has 2 aliphatic heterocycles. The SMILES string of the molecule is Cc1c(C(=O)N[C@H]2CCN(c3ccc4c(n3)N(C(=O)Nc3ccccc3)CCO4)C2)c(=O)n(C2CCCCC2)n1C. The van der Waals surface area contributed by atoms with Crippen molar-refractivity contribution in [3.05, 3.63) is 64.1 Å². The van der Waals surface area contributed by atoms with Gasteiger partial charge in [0.15, 0.2) is 11.6 Å². The van der Waals surface area contributed by atoms with Gasteiger partial charge < -0.3 is 20.3 Å². The molecule has 3 aliphatic rings. The Morgan fingerprint density at radius 1 is 1.00 bits per heavy atom. The summed E-state index contributed by atoms with van der Waals surface area (Å²) in [6.45, 7) is 3.85. The maximum absolute atomic E-state index is 13.4. The fourth-order valence-corrected chi connectivity index (χ4v) is 6.24. The van der Waals surface area contributed by atoms with Crippen molar-refractivity contribution < 1.29 is 14.3 Å². The Morgan fingerprint density at radius 3 is 2.56 bits per heavy atom. The number of para-hydroxylation sites is 1. The van der Waals surface area contributed by atoms with Crippen molar-refractivity contribution in [2.75, 3.05) is 41.4 Å². The fraction of sp³-hybridized carbons (Fsp3) is 0.467. The average Bonchev–Trinajstić information content (AvgIpc) is 3.54. The topological polar surface area (TPSA) is 114 Å². The average molecular weight is 560 g/mol. The van der Waals surface area contributed by atoms with Crippen LogP contribution in [0.2, 0.25) is 0 Å². The largest absolute Gasteiger partial charge is 0.488 e. The van der Waals surface area contributed by atoms with Crippen LogP contribution >= 0.6 is 0 Å². The van der Waals surface area contributed by atoms with E-state index < -0.39 is 0 Å². The van der Waals surface area contributed by atoms with E-state index in [1.165, 1.54) is 6.42 Å². The van der Waals surface area contributed by atoms with E-state index in [0.717, 1.165) is 32.1 Å². The third kappa shape index (κ3) is 5.28. The van der Waals surface area contributed by atoms with Crippen LogP contribution in [0.25, 0.3) is 0 Å². The van der Waals surface area contributed by atoms with Gasteiger partial charge >= 0.3 is 6.03 Å². The number of ether oxygens (including phenoxy) is 1. The van der Waals surface area contributed by atoms with Gasteiger partial charge in [-0.2, -0.15) is 0 Å². The van der Waals surface area contributed by atoms with Gasteiger partial charge in [0.1, 0.15) is 18.0 Å². The lowest BCUT2D eigenvalue weighted by Gasteiger charge is -2.30. The molecule has 0 unspecified atom stereocenters. The quantitative estimate of drug-likeness (QED) is 0.491. The Bertz CT molecular complexity index is 1490. The number of amides is 3. The van der Waals surface area contributed by atoms with Gasteiger partial charge in [0, 0.05) is 37.6 Å². The van der Waals surface area contributed by atoms with Crippen LogP contribution in [-0.4, -0.2) is 58.6 Å². The van der Waals surface area contributed by atoms with Crippen LogP contribution in [-0.2, 0) is 7.05 Å². The van der Waals surface area contributed by atoms with Crippen molar-refractivity contribution in [2.45, 2.75) is 57.5 Å². The third-order valence-electron chi connectivity index (χ3n) is 8.51. The van der Waals surface area contributed by atoms with Crippen molar-refractivity contribution in [1.82, 2.24) is 19.7 Å². The first-order valence-electron chi connectivity index (χ1n) is 14.5. The van der Waals surface area contributed by atoms with E-state index >= 15 is 0 Å². The molecule has 1 saturated heterocycles. The smallest absolute Gasteiger partial charge is 0.327 e. The van der Waals surface area contributed by atoms with E-state index in [2.05, 4.69) is 15.5 Å². The van der Waals surface area contributed by atoms with Gasteiger partial charge in [-0.15, -0.1) is 0 Å². The van der Waals surface area contributed by atoms with E-state index in [9.17, 15) is 14.4 Å². The highest BCUT2D eigenvalue weighted by Gasteiger charge is 2.32. The van der Waals surface area contributed by atoms with Crippen molar-refractivity contribution in [1.29, 1.82) is 0 Å². The molecule has 11 nitrogen and oxygen atoms in total. The van der Waals surface area contributed by atoms with Gasteiger partial charge in [-0.05, 0) is 50.5 Å². The Morgan fingerprint density at radius 2 is 1.78 bits per heavy atom. The van der Waals surface area contributed by atoms with Gasteiger partial charge in [0.2, 0.25) is 0 Å². The molecule has 3 amide bonds. The first kappa shape index (κ1) is 26.9. The molecular formula is C30H37N7O4. The van der Waals surface area contributed by atoms with Crippen LogP contribution in [0.3, 0.4) is 0 Å². The highest BCUT2D eigenvalue weighted by Crippen LogP contribution is 2.33. The number of urea groups is 1. The second kappa shape index (κ2) is 11.3. The molecule has 4 heterocycles. The number of pyridine rings is 1. The predicted octanol–water partition coefficient (Wildman–Crippen LogP) is 3.84. The van der Waals surface area contributed by atoms with Crippen LogP contribution in [0.15, 0.2) is 47.3 Å². The summed E-state index contributed by atoms with van der Waals surface area (Å²) in [4.78, 5) is 48.3. The number of benzene rings is 1. The van der Waals surface area contributed by atoms with Crippen molar-refractivity contribution >= 4 is 29.3 Å². The molecule has 6 rings (SSSR count). The number of hydrogen-bond donors (Lipinski definition) is 2. The number of rotatable bonds is 5. The number of nitrogens with zero attached hydrogens (tertiary/aromatic N) is 5. The summed E-state index contributed by atoms with van der Waals surface area (Å²) in [5.74, 6) is 1.41. The zero-order valence-electron chi connectivity index (χ0n) is 23.6. The molecule has 0 bridgehead atoms. The van der Waals surface area contributed by atoms with Gasteiger partial charge in [0.05, 0.1) is 12.6 Å². The summed E-state index contributed by atoms with van der Waals surface area (Å²) in [6, 6.07) is 12.8. The van der Waals surface area contributed by atoms with E-state index in [0.29, 0.717) is 55.0 Å². The molecule has 11 heteroatoms. The summed E-state index contributed by atoms with van der Waals surface area (Å²) in [5.41, 5.74) is 1.44. The Balaban J connectivity index is 1.14. The van der Waals surface area contributed by atoms with Gasteiger partial charge in [0.25, 0.3) is 11.5 Å². The monoisotopic (exact) mass is 559 g/mol. The highest BCUT2D eigenvalue weighted by atomic mass is 16.5. The minimum absolute atomic E-state index is 0.129. The third-order valence-corrected chi connectivity index (χ3v) is 8.51. The normalized spacial score (nSPS) is 19.0. The number of carbonyl (C=O) groups excluding carboxylic acids is 2. The lowest BCUT2D eigenvalue weighted by Crippen LogP contribution is -2.42. The number of anilines is 3. The molecule has 1 aromatic carbocycles. The Kier molecular flexibility index (Phi) is 7.42. The Labute approximate surface area is 239 Å². The molecule has 41 heavy (non-hydrogen) atoms. The number of hydrogen-bond acceptors (Lipinski definition) is 6. The molecule has 3 aromatic rings. The maximum Gasteiger partial charge on any atom is 0.327 e. The Hall–Kier alpha value is -4.28. The summed E-state index contributed by atoms with van der Waals surface area (Å²) < 4.78 is 9.41. The lowest BCUT2D eigenvalue weighted by atomic mass is 9.96. The molecule has 216 valence electrons. The summed E-state index contributed by atoms with van der Waals surface area (Å²) >= 11 is 0. The summed E-state index contributed by atoms with van der Waals surface area (Å²) in [6.07, 6.45) is 6.09. The molecule has 1 saturated carbocycles. The standard InChI is InChI=1S/C30H37N7O4/c1-20-26(29(39)37(34(20)2)23-11-7-4-8-12-23)28(38)31-22-15-16-35(19-22)25-14-13-24-27(33-25)36(17-18-41-24)30(40)32-21-9-5-3-6-10-21/h3,5-6,9-10,13-14,22-23H,4,7-8,11-12,15-19H2,1-2H3,(H,31,38)(H,32,40)/t22-/m0/s1. The molecule has 2 aromatic heterocycles. The van der Waals surface area contributed by atoms with E-state index in [1.54, 1.807) is 9.58 Å². The molecule has 0 radical (unpaired) electrons. The van der Waals surface area contributed by atoms with E-state index in [-0.39, 0.29) is 35.1 Å². The molecule has 2 fully saturated rings. The minimum atomic E-state index is -0.319. The number of fused-ring (bicyclic) bond motifs is 1. The van der Waals surface area contributed by atoms with Crippen LogP contribution in [0, 0.1) is 6.92 Å². The number of nitrogens with one attached hydrogen (secondary N) is 2. The first-order valence-corrected chi connectivity index (χ1v) is 14.5. The van der Waals surface area contributed by atoms with Crippen LogP contribution in [0.1, 0.15) is 60.6 Å². The number of carbonyl (C=O) groups is 2. The van der Waals surface area contributed by atoms with Gasteiger partial charge in [-0.1, -0.05) is 37.5 Å². The van der Waals surface area contributed by atoms with Crippen LogP contribution in [0.5, 0.6) is 5.75 Å². The predicted molar refractivity (Wildman–Crippen MR) is 157 cm³/mol. The van der Waals surface area contributed by atoms with Gasteiger partial charge in [-0.3, -0.25) is 19.2 Å². The number of aromatic nitrogens is 3. The van der Waals surface area contributed by atoms with E-state index in [4.69, 9.17) is 9.72 Å². The second-order valence-corrected chi connectivity index (χ2v) is 11.1. The molecule has 1 atom stereocenters. The molecule has 1 aliphatic carbocycles. The van der Waals surface area contributed by atoms with Crippen molar-refractivity contribution in [3.8, 4) is 5.75 Å². The van der Waals surface area contributed by atoms with Crippen molar-refractivity contribution in [3.63, 3.8) is 0 Å². The van der Waals surface area contributed by atoms with Crippen LogP contribution < -0.4 is 30.7 Å². The summed E-state index contributed by atoms with van der Waals surface area (Å²) in [5, 5.41) is 6.03. The second-order valence-electron chi connectivity index (χ2n) is 11.1. The first-order chi connectivity index (χ1) is 19.9. The zero-order chi connectivity index (χ0) is 28.5. The fourth-order valence-electron chi connectivity index (χ4n) is 6.24. The van der Waals surface area contributed by atoms with Crippen molar-refractivity contribution in [2.24, 2.45) is 7.05 Å². The molecule has 2 N–H and O–H groups in total. The maximum atomic E-state index is 13.4. The molecule has 0 spiro atoms. The van der Waals surface area contributed by atoms with Crippen LogP contribution in [0.4, 0.5) is 22.1 Å². The van der Waals surface area contributed by atoms with E-state index in [1.807, 2.05) is 61.1 Å². The lowest BCUT2D eigenvalue weighted by molar-refractivity contribution is 0.0938. The minimum Gasteiger partial charge on any atom is -0.488 e. The van der Waals surface area contributed by atoms with Gasteiger partial charge in [-0.25, -0.2) is 14.5 Å². The molecular weight excluding hydrogens is 522 g/mol. The summed E-state index contributed by atoms with van der Waals surface area (Å²) in [7, 11) is 1.87. The highest BCUT2D eigenvalue weighted by molar-refractivity contribution is 6.02. The zero-order valence-corrected chi connectivity index (χ0v) is 23.6.